The molecule has 0 bridgehead atoms. The van der Waals surface area contributed by atoms with Gasteiger partial charge in [0.15, 0.2) is 0 Å². The zero-order chi connectivity index (χ0) is 15.5. The third kappa shape index (κ3) is 2.87. The topological polar surface area (TPSA) is 59.2 Å². The molecule has 0 aliphatic heterocycles. The second kappa shape index (κ2) is 5.68. The minimum atomic E-state index is -0.667. The molecule has 0 aliphatic rings. The van der Waals surface area contributed by atoms with E-state index in [0.29, 0.717) is 11.4 Å². The molecule has 21 heavy (non-hydrogen) atoms. The van der Waals surface area contributed by atoms with E-state index in [0.717, 1.165) is 5.69 Å². The predicted octanol–water partition coefficient (Wildman–Crippen LogP) is 2.73. The summed E-state index contributed by atoms with van der Waals surface area (Å²) in [6, 6.07) is 12.9. The maximum absolute atomic E-state index is 11.7. The Bertz CT molecular complexity index is 687. The van der Waals surface area contributed by atoms with Gasteiger partial charge in [0.25, 0.3) is 5.91 Å². The quantitative estimate of drug-likeness (QED) is 0.875. The summed E-state index contributed by atoms with van der Waals surface area (Å²) >= 11 is 0. The van der Waals surface area contributed by atoms with Gasteiger partial charge in [0, 0.05) is 11.9 Å². The van der Waals surface area contributed by atoms with Gasteiger partial charge in [-0.1, -0.05) is 24.1 Å². The first-order valence-electron chi connectivity index (χ1n) is 6.55. The average Bonchev–Trinajstić information content (AvgIpc) is 2.48. The van der Waals surface area contributed by atoms with E-state index < -0.39 is 11.4 Å². The van der Waals surface area contributed by atoms with E-state index in [9.17, 15) is 4.79 Å². The van der Waals surface area contributed by atoms with Crippen LogP contribution in [-0.2, 0) is 0 Å². The van der Waals surface area contributed by atoms with Crippen molar-refractivity contribution < 1.29 is 4.79 Å². The highest BCUT2D eigenvalue weighted by molar-refractivity contribution is 5.98. The molecule has 4 heteroatoms. The predicted molar refractivity (Wildman–Crippen MR) is 84.2 cm³/mol. The van der Waals surface area contributed by atoms with Crippen LogP contribution in [0.4, 0.5) is 11.5 Å². The van der Waals surface area contributed by atoms with Crippen molar-refractivity contribution in [3.8, 4) is 12.3 Å². The van der Waals surface area contributed by atoms with Crippen molar-refractivity contribution in [1.82, 2.24) is 4.98 Å². The van der Waals surface area contributed by atoms with Gasteiger partial charge in [-0.05, 0) is 38.1 Å². The van der Waals surface area contributed by atoms with Crippen molar-refractivity contribution in [2.75, 3.05) is 4.90 Å². The van der Waals surface area contributed by atoms with E-state index >= 15 is 0 Å². The lowest BCUT2D eigenvalue weighted by molar-refractivity contribution is 0.100. The van der Waals surface area contributed by atoms with Gasteiger partial charge in [-0.2, -0.15) is 0 Å². The summed E-state index contributed by atoms with van der Waals surface area (Å²) in [6.07, 6.45) is 7.29. The van der Waals surface area contributed by atoms with Gasteiger partial charge in [0.2, 0.25) is 0 Å². The molecule has 106 valence electrons. The van der Waals surface area contributed by atoms with Crippen LogP contribution >= 0.6 is 0 Å². The molecular weight excluding hydrogens is 262 g/mol. The van der Waals surface area contributed by atoms with Gasteiger partial charge in [0.1, 0.15) is 11.4 Å². The fourth-order valence-electron chi connectivity index (χ4n) is 2.12. The lowest BCUT2D eigenvalue weighted by Gasteiger charge is -2.36. The number of para-hydroxylation sites is 1. The minimum Gasteiger partial charge on any atom is -0.365 e. The molecule has 2 rings (SSSR count). The maximum atomic E-state index is 11.7. The van der Waals surface area contributed by atoms with Crippen LogP contribution in [-0.4, -0.2) is 16.4 Å². The maximum Gasteiger partial charge on any atom is 0.252 e. The van der Waals surface area contributed by atoms with E-state index in [2.05, 4.69) is 10.9 Å². The van der Waals surface area contributed by atoms with Crippen LogP contribution in [0.5, 0.6) is 0 Å². The number of aromatic nitrogens is 1. The summed E-state index contributed by atoms with van der Waals surface area (Å²) in [5.41, 5.74) is 5.98. The first kappa shape index (κ1) is 14.6. The summed E-state index contributed by atoms with van der Waals surface area (Å²) in [4.78, 5) is 17.8. The SMILES string of the molecule is C#CC(C)(C)N(c1ccccc1)c1ncccc1C(N)=O. The highest BCUT2D eigenvalue weighted by atomic mass is 16.1. The van der Waals surface area contributed by atoms with E-state index in [-0.39, 0.29) is 0 Å². The number of amides is 1. The van der Waals surface area contributed by atoms with Crippen molar-refractivity contribution >= 4 is 17.4 Å². The second-order valence-electron chi connectivity index (χ2n) is 5.11. The summed E-state index contributed by atoms with van der Waals surface area (Å²) < 4.78 is 0. The molecule has 0 aliphatic carbocycles. The van der Waals surface area contributed by atoms with Crippen molar-refractivity contribution in [2.24, 2.45) is 5.73 Å². The number of terminal acetylenes is 1. The lowest BCUT2D eigenvalue weighted by Crippen LogP contribution is -2.41. The van der Waals surface area contributed by atoms with Crippen LogP contribution in [0.3, 0.4) is 0 Å². The molecule has 0 saturated carbocycles. The van der Waals surface area contributed by atoms with E-state index in [1.165, 1.54) is 0 Å². The molecule has 0 spiro atoms. The average molecular weight is 279 g/mol. The molecule has 2 aromatic rings. The van der Waals surface area contributed by atoms with Gasteiger partial charge in [-0.15, -0.1) is 6.42 Å². The number of carbonyl (C=O) groups excluding carboxylic acids is 1. The molecule has 0 atom stereocenters. The first-order valence-corrected chi connectivity index (χ1v) is 6.55. The van der Waals surface area contributed by atoms with E-state index in [4.69, 9.17) is 12.2 Å². The van der Waals surface area contributed by atoms with Crippen molar-refractivity contribution in [2.45, 2.75) is 19.4 Å². The Morgan fingerprint density at radius 1 is 1.24 bits per heavy atom. The Morgan fingerprint density at radius 2 is 1.90 bits per heavy atom. The summed E-state index contributed by atoms with van der Waals surface area (Å²) in [5, 5.41) is 0. The molecule has 1 amide bonds. The summed E-state index contributed by atoms with van der Waals surface area (Å²) in [5.74, 6) is 2.66. The largest absolute Gasteiger partial charge is 0.365 e. The molecule has 0 radical (unpaired) electrons. The van der Waals surface area contributed by atoms with Crippen LogP contribution in [0.2, 0.25) is 0 Å². The highest BCUT2D eigenvalue weighted by Crippen LogP contribution is 2.33. The number of anilines is 2. The van der Waals surface area contributed by atoms with Crippen LogP contribution < -0.4 is 10.6 Å². The molecule has 1 aromatic heterocycles. The summed E-state index contributed by atoms with van der Waals surface area (Å²) in [7, 11) is 0. The van der Waals surface area contributed by atoms with Crippen LogP contribution in [0.15, 0.2) is 48.7 Å². The number of hydrogen-bond donors (Lipinski definition) is 1. The van der Waals surface area contributed by atoms with Gasteiger partial charge in [-0.3, -0.25) is 4.79 Å². The van der Waals surface area contributed by atoms with Gasteiger partial charge < -0.3 is 10.6 Å². The van der Waals surface area contributed by atoms with E-state index in [1.54, 1.807) is 18.3 Å². The Balaban J connectivity index is 2.68. The molecular formula is C17H17N3O. The fourth-order valence-corrected chi connectivity index (χ4v) is 2.12. The number of nitrogens with zero attached hydrogens (tertiary/aromatic N) is 2. The number of benzene rings is 1. The van der Waals surface area contributed by atoms with Gasteiger partial charge >= 0.3 is 0 Å². The summed E-state index contributed by atoms with van der Waals surface area (Å²) in [6.45, 7) is 3.78. The number of carbonyl (C=O) groups is 1. The number of rotatable bonds is 4. The molecule has 0 fully saturated rings. The molecule has 4 nitrogen and oxygen atoms in total. The number of primary amides is 1. The zero-order valence-corrected chi connectivity index (χ0v) is 12.1. The Labute approximate surface area is 124 Å². The van der Waals surface area contributed by atoms with Gasteiger partial charge in [0.05, 0.1) is 5.56 Å². The van der Waals surface area contributed by atoms with Crippen molar-refractivity contribution in [1.29, 1.82) is 0 Å². The number of pyridine rings is 1. The minimum absolute atomic E-state index is 0.338. The lowest BCUT2D eigenvalue weighted by atomic mass is 10.0. The Kier molecular flexibility index (Phi) is 3.95. The monoisotopic (exact) mass is 279 g/mol. The molecule has 1 heterocycles. The third-order valence-corrected chi connectivity index (χ3v) is 3.19. The Hall–Kier alpha value is -2.80. The van der Waals surface area contributed by atoms with Crippen molar-refractivity contribution in [3.05, 3.63) is 54.2 Å². The van der Waals surface area contributed by atoms with Crippen LogP contribution in [0.25, 0.3) is 0 Å². The normalized spacial score (nSPS) is 10.7. The van der Waals surface area contributed by atoms with Gasteiger partial charge in [-0.25, -0.2) is 4.98 Å². The number of nitrogens with two attached hydrogens (primary N) is 1. The smallest absolute Gasteiger partial charge is 0.252 e. The van der Waals surface area contributed by atoms with Crippen LogP contribution in [0, 0.1) is 12.3 Å². The standard InChI is InChI=1S/C17H17N3O/c1-4-17(2,3)20(13-9-6-5-7-10-13)16-14(15(18)21)11-8-12-19-16/h1,5-12H,2-3H3,(H2,18,21). The highest BCUT2D eigenvalue weighted by Gasteiger charge is 2.30. The fraction of sp³-hybridized carbons (Fsp3) is 0.176. The second-order valence-corrected chi connectivity index (χ2v) is 5.11. The molecule has 2 N–H and O–H groups in total. The van der Waals surface area contributed by atoms with Crippen molar-refractivity contribution in [3.63, 3.8) is 0 Å². The Morgan fingerprint density at radius 3 is 2.48 bits per heavy atom. The number of hydrogen-bond acceptors (Lipinski definition) is 3. The zero-order valence-electron chi connectivity index (χ0n) is 12.1. The molecule has 0 saturated heterocycles. The van der Waals surface area contributed by atoms with E-state index in [1.807, 2.05) is 49.1 Å². The molecule has 0 unspecified atom stereocenters. The molecule has 1 aromatic carbocycles. The first-order chi connectivity index (χ1) is 9.97. The third-order valence-electron chi connectivity index (χ3n) is 3.19. The van der Waals surface area contributed by atoms with Crippen LogP contribution in [0.1, 0.15) is 24.2 Å².